The number of ether oxygens (including phenoxy) is 1. The maximum Gasteiger partial charge on any atom is 0.261 e. The van der Waals surface area contributed by atoms with E-state index >= 15 is 0 Å². The fourth-order valence-electron chi connectivity index (χ4n) is 2.42. The first kappa shape index (κ1) is 18.9. The number of carbonyl (C=O) groups excluding carboxylic acids is 1. The van der Waals surface area contributed by atoms with Gasteiger partial charge in [0, 0.05) is 5.69 Å². The number of nitrogens with one attached hydrogen (secondary N) is 2. The summed E-state index contributed by atoms with van der Waals surface area (Å²) >= 11 is 5.26. The minimum atomic E-state index is -0.291. The molecule has 25 heavy (non-hydrogen) atoms. The quantitative estimate of drug-likeness (QED) is 0.777. The maximum absolute atomic E-state index is 12.5. The van der Waals surface area contributed by atoms with Gasteiger partial charge in [0.1, 0.15) is 5.75 Å². The lowest BCUT2D eigenvalue weighted by Crippen LogP contribution is -2.34. The van der Waals surface area contributed by atoms with Crippen LogP contribution in [0.2, 0.25) is 0 Å². The molecule has 0 fully saturated rings. The lowest BCUT2D eigenvalue weighted by Gasteiger charge is -2.14. The van der Waals surface area contributed by atoms with Gasteiger partial charge >= 0.3 is 0 Å². The van der Waals surface area contributed by atoms with Crippen molar-refractivity contribution in [2.75, 3.05) is 11.9 Å². The van der Waals surface area contributed by atoms with E-state index in [9.17, 15) is 4.79 Å². The number of benzene rings is 2. The molecule has 0 heterocycles. The molecule has 132 valence electrons. The molecule has 0 aromatic heterocycles. The monoisotopic (exact) mass is 356 g/mol. The fourth-order valence-corrected chi connectivity index (χ4v) is 2.63. The molecule has 2 aromatic carbocycles. The molecule has 1 amide bonds. The van der Waals surface area contributed by atoms with Gasteiger partial charge in [0.15, 0.2) is 5.11 Å². The molecule has 0 aliphatic carbocycles. The highest BCUT2D eigenvalue weighted by Gasteiger charge is 2.14. The summed E-state index contributed by atoms with van der Waals surface area (Å²) in [7, 11) is 0. The zero-order chi connectivity index (χ0) is 18.4. The van der Waals surface area contributed by atoms with Crippen LogP contribution in [0.3, 0.4) is 0 Å². The highest BCUT2D eigenvalue weighted by Crippen LogP contribution is 2.19. The predicted molar refractivity (Wildman–Crippen MR) is 106 cm³/mol. The topological polar surface area (TPSA) is 50.4 Å². The van der Waals surface area contributed by atoms with Gasteiger partial charge in [0.2, 0.25) is 0 Å². The molecule has 0 saturated heterocycles. The second-order valence-electron chi connectivity index (χ2n) is 6.49. The second kappa shape index (κ2) is 8.62. The normalized spacial score (nSPS) is 10.4. The van der Waals surface area contributed by atoms with Crippen molar-refractivity contribution in [1.82, 2.24) is 5.32 Å². The van der Waals surface area contributed by atoms with Crippen molar-refractivity contribution < 1.29 is 9.53 Å². The molecule has 0 bridgehead atoms. The molecule has 2 rings (SSSR count). The van der Waals surface area contributed by atoms with Gasteiger partial charge in [-0.3, -0.25) is 10.1 Å². The standard InChI is InChI=1S/C20H24N2O2S/c1-13(2)12-24-18-8-6-5-7-17(18)19(23)22-20(25)21-16-10-14(3)9-15(4)11-16/h5-11,13H,12H2,1-4H3,(H2,21,22,23,25). The Morgan fingerprint density at radius 3 is 2.40 bits per heavy atom. The highest BCUT2D eigenvalue weighted by atomic mass is 32.1. The predicted octanol–water partition coefficient (Wildman–Crippen LogP) is 4.47. The van der Waals surface area contributed by atoms with Crippen molar-refractivity contribution >= 4 is 28.9 Å². The van der Waals surface area contributed by atoms with E-state index in [2.05, 4.69) is 30.5 Å². The van der Waals surface area contributed by atoms with Crippen LogP contribution in [0.25, 0.3) is 0 Å². The molecule has 0 spiro atoms. The summed E-state index contributed by atoms with van der Waals surface area (Å²) in [6, 6.07) is 13.2. The van der Waals surface area contributed by atoms with E-state index in [1.807, 2.05) is 32.0 Å². The van der Waals surface area contributed by atoms with Gasteiger partial charge < -0.3 is 10.1 Å². The van der Waals surface area contributed by atoms with Crippen LogP contribution >= 0.6 is 12.2 Å². The molecule has 2 aromatic rings. The summed E-state index contributed by atoms with van der Waals surface area (Å²) in [5, 5.41) is 6.02. The molecular formula is C20H24N2O2S. The van der Waals surface area contributed by atoms with Crippen molar-refractivity contribution in [3.05, 3.63) is 59.2 Å². The van der Waals surface area contributed by atoms with Crippen molar-refractivity contribution in [3.63, 3.8) is 0 Å². The van der Waals surface area contributed by atoms with Gasteiger partial charge in [0.05, 0.1) is 12.2 Å². The number of rotatable bonds is 5. The molecule has 2 N–H and O–H groups in total. The van der Waals surface area contributed by atoms with Gasteiger partial charge in [-0.1, -0.05) is 32.0 Å². The molecule has 4 nitrogen and oxygen atoms in total. The molecular weight excluding hydrogens is 332 g/mol. The summed E-state index contributed by atoms with van der Waals surface area (Å²) in [4.78, 5) is 12.5. The third-order valence-electron chi connectivity index (χ3n) is 3.41. The third kappa shape index (κ3) is 5.87. The Hall–Kier alpha value is -2.40. The van der Waals surface area contributed by atoms with Crippen LogP contribution in [0.5, 0.6) is 5.75 Å². The first-order valence-electron chi connectivity index (χ1n) is 8.27. The van der Waals surface area contributed by atoms with Crippen LogP contribution in [-0.4, -0.2) is 17.6 Å². The SMILES string of the molecule is Cc1cc(C)cc(NC(=S)NC(=O)c2ccccc2OCC(C)C)c1. The number of hydrogen-bond donors (Lipinski definition) is 2. The Morgan fingerprint density at radius 2 is 1.76 bits per heavy atom. The van der Waals surface area contributed by atoms with Crippen molar-refractivity contribution in [1.29, 1.82) is 0 Å². The minimum Gasteiger partial charge on any atom is -0.492 e. The van der Waals surface area contributed by atoms with E-state index < -0.39 is 0 Å². The van der Waals surface area contributed by atoms with Crippen LogP contribution < -0.4 is 15.4 Å². The molecule has 0 aliphatic rings. The summed E-state index contributed by atoms with van der Waals surface area (Å²) in [5.41, 5.74) is 3.58. The van der Waals surface area contributed by atoms with Gasteiger partial charge in [0.25, 0.3) is 5.91 Å². The average Bonchev–Trinajstić information content (AvgIpc) is 2.51. The second-order valence-corrected chi connectivity index (χ2v) is 6.89. The molecule has 0 saturated carbocycles. The maximum atomic E-state index is 12.5. The number of carbonyl (C=O) groups is 1. The first-order chi connectivity index (χ1) is 11.8. The third-order valence-corrected chi connectivity index (χ3v) is 3.61. The first-order valence-corrected chi connectivity index (χ1v) is 8.68. The Bertz CT molecular complexity index is 752. The van der Waals surface area contributed by atoms with Gasteiger partial charge in [-0.05, 0) is 67.4 Å². The lowest BCUT2D eigenvalue weighted by atomic mass is 10.1. The van der Waals surface area contributed by atoms with Gasteiger partial charge in [-0.2, -0.15) is 0 Å². The zero-order valence-electron chi connectivity index (χ0n) is 15.1. The van der Waals surface area contributed by atoms with E-state index in [1.165, 1.54) is 0 Å². The van der Waals surface area contributed by atoms with E-state index in [0.717, 1.165) is 16.8 Å². The van der Waals surface area contributed by atoms with Crippen LogP contribution in [-0.2, 0) is 0 Å². The number of anilines is 1. The largest absolute Gasteiger partial charge is 0.492 e. The van der Waals surface area contributed by atoms with Crippen LogP contribution in [0.1, 0.15) is 35.3 Å². The Kier molecular flexibility index (Phi) is 6.53. The van der Waals surface area contributed by atoms with E-state index in [1.54, 1.807) is 18.2 Å². The zero-order valence-corrected chi connectivity index (χ0v) is 15.9. The van der Waals surface area contributed by atoms with Crippen molar-refractivity contribution in [2.24, 2.45) is 5.92 Å². The van der Waals surface area contributed by atoms with Gasteiger partial charge in [-0.25, -0.2) is 0 Å². The smallest absolute Gasteiger partial charge is 0.261 e. The van der Waals surface area contributed by atoms with Crippen molar-refractivity contribution in [2.45, 2.75) is 27.7 Å². The molecule has 5 heteroatoms. The minimum absolute atomic E-state index is 0.258. The lowest BCUT2D eigenvalue weighted by molar-refractivity contribution is 0.0973. The number of amides is 1. The van der Waals surface area contributed by atoms with Crippen molar-refractivity contribution in [3.8, 4) is 5.75 Å². The summed E-state index contributed by atoms with van der Waals surface area (Å²) < 4.78 is 5.73. The van der Waals surface area contributed by atoms with E-state index in [-0.39, 0.29) is 11.0 Å². The summed E-state index contributed by atoms with van der Waals surface area (Å²) in [5.74, 6) is 0.646. The van der Waals surface area contributed by atoms with Crippen LogP contribution in [0.15, 0.2) is 42.5 Å². The van der Waals surface area contributed by atoms with Crippen LogP contribution in [0, 0.1) is 19.8 Å². The number of aryl methyl sites for hydroxylation is 2. The number of thiocarbonyl (C=S) groups is 1. The average molecular weight is 356 g/mol. The molecule has 0 radical (unpaired) electrons. The molecule has 0 aliphatic heterocycles. The Labute approximate surface area is 154 Å². The summed E-state index contributed by atoms with van der Waals surface area (Å²) in [6.07, 6.45) is 0. The highest BCUT2D eigenvalue weighted by molar-refractivity contribution is 7.80. The Balaban J connectivity index is 2.05. The van der Waals surface area contributed by atoms with Crippen LogP contribution in [0.4, 0.5) is 5.69 Å². The number of para-hydroxylation sites is 1. The van der Waals surface area contributed by atoms with E-state index in [0.29, 0.717) is 23.8 Å². The Morgan fingerprint density at radius 1 is 1.12 bits per heavy atom. The number of hydrogen-bond acceptors (Lipinski definition) is 3. The molecule has 0 atom stereocenters. The van der Waals surface area contributed by atoms with Gasteiger partial charge in [-0.15, -0.1) is 0 Å². The van der Waals surface area contributed by atoms with E-state index in [4.69, 9.17) is 17.0 Å². The fraction of sp³-hybridized carbons (Fsp3) is 0.300. The summed E-state index contributed by atoms with van der Waals surface area (Å²) in [6.45, 7) is 8.71. The molecule has 0 unspecified atom stereocenters.